The van der Waals surface area contributed by atoms with Crippen molar-refractivity contribution in [1.82, 2.24) is 0 Å². The van der Waals surface area contributed by atoms with Crippen LogP contribution in [-0.4, -0.2) is 50.6 Å². The fourth-order valence-electron chi connectivity index (χ4n) is 4.83. The molecular weight excluding hydrogens is 613 g/mol. The van der Waals surface area contributed by atoms with Gasteiger partial charge in [-0.15, -0.1) is 0 Å². The number of nitrogens with zero attached hydrogens (tertiary/aromatic N) is 2. The Bertz CT molecular complexity index is 1830. The number of carbonyl (C=O) groups is 1. The van der Waals surface area contributed by atoms with Crippen molar-refractivity contribution in [3.63, 3.8) is 0 Å². The van der Waals surface area contributed by atoms with Crippen molar-refractivity contribution in [2.24, 2.45) is 0 Å². The number of carboxylic acids is 1. The molecule has 226 valence electrons. The SMILES string of the molecule is CCC(=Cc1sc2cc(OC)c(OC)cc2[n+]1CC(=O)O)C=C1Sc2ccc(-c3ccco3)cc2N1CCCS(=O)(=O)[O-]. The molecule has 0 spiro atoms. The van der Waals surface area contributed by atoms with Gasteiger partial charge in [0, 0.05) is 34.9 Å². The van der Waals surface area contributed by atoms with Crippen LogP contribution in [0.1, 0.15) is 24.8 Å². The quantitative estimate of drug-likeness (QED) is 0.151. The van der Waals surface area contributed by atoms with Gasteiger partial charge in [-0.1, -0.05) is 30.0 Å². The van der Waals surface area contributed by atoms with Gasteiger partial charge in [-0.25, -0.2) is 13.2 Å². The maximum atomic E-state index is 11.8. The molecule has 4 aromatic rings. The summed E-state index contributed by atoms with van der Waals surface area (Å²) in [5, 5.41) is 11.3. The number of anilines is 1. The molecule has 0 atom stereocenters. The van der Waals surface area contributed by atoms with Crippen LogP contribution in [0, 0.1) is 0 Å². The molecule has 2 aromatic heterocycles. The molecular formula is C30H30N2O8S3. The highest BCUT2D eigenvalue weighted by Crippen LogP contribution is 2.48. The number of thiazole rings is 1. The molecule has 1 aliphatic heterocycles. The number of benzene rings is 2. The van der Waals surface area contributed by atoms with E-state index in [0.717, 1.165) is 36.5 Å². The number of aromatic nitrogens is 1. The van der Waals surface area contributed by atoms with E-state index in [2.05, 4.69) is 0 Å². The number of rotatable bonds is 12. The van der Waals surface area contributed by atoms with Gasteiger partial charge in [0.05, 0.1) is 47.4 Å². The molecule has 0 amide bonds. The largest absolute Gasteiger partial charge is 0.748 e. The lowest BCUT2D eigenvalue weighted by Gasteiger charge is -2.21. The molecule has 0 saturated carbocycles. The normalized spacial score (nSPS) is 14.5. The third-order valence-electron chi connectivity index (χ3n) is 6.87. The third-order valence-corrected chi connectivity index (χ3v) is 9.86. The molecule has 2 aromatic carbocycles. The van der Waals surface area contributed by atoms with Crippen LogP contribution < -0.4 is 18.9 Å². The maximum absolute atomic E-state index is 11.8. The van der Waals surface area contributed by atoms with Gasteiger partial charge in [-0.05, 0) is 54.8 Å². The van der Waals surface area contributed by atoms with Crippen LogP contribution in [0.15, 0.2) is 74.7 Å². The lowest BCUT2D eigenvalue weighted by Crippen LogP contribution is -2.39. The van der Waals surface area contributed by atoms with Gasteiger partial charge in [-0.3, -0.25) is 0 Å². The molecule has 1 aliphatic rings. The Morgan fingerprint density at radius 2 is 1.93 bits per heavy atom. The van der Waals surface area contributed by atoms with E-state index in [1.165, 1.54) is 18.4 Å². The van der Waals surface area contributed by atoms with Crippen molar-refractivity contribution in [3.05, 3.63) is 70.4 Å². The molecule has 5 rings (SSSR count). The molecule has 0 bridgehead atoms. The molecule has 13 heteroatoms. The average molecular weight is 643 g/mol. The van der Waals surface area contributed by atoms with Crippen LogP contribution in [0.4, 0.5) is 5.69 Å². The number of allylic oxidation sites excluding steroid dienone is 2. The zero-order valence-corrected chi connectivity index (χ0v) is 26.2. The van der Waals surface area contributed by atoms with Gasteiger partial charge >= 0.3 is 5.97 Å². The molecule has 0 radical (unpaired) electrons. The summed E-state index contributed by atoms with van der Waals surface area (Å²) in [6.45, 7) is 2.10. The summed E-state index contributed by atoms with van der Waals surface area (Å²) in [5.74, 6) is 0.332. The highest BCUT2D eigenvalue weighted by molar-refractivity contribution is 8.03. The number of thioether (sulfide) groups is 1. The van der Waals surface area contributed by atoms with Crippen molar-refractivity contribution in [3.8, 4) is 22.8 Å². The van der Waals surface area contributed by atoms with Gasteiger partial charge in [0.1, 0.15) is 10.5 Å². The monoisotopic (exact) mass is 642 g/mol. The number of fused-ring (bicyclic) bond motifs is 2. The number of hydrogen-bond donors (Lipinski definition) is 1. The summed E-state index contributed by atoms with van der Waals surface area (Å²) in [7, 11) is -1.27. The zero-order valence-electron chi connectivity index (χ0n) is 23.7. The molecule has 0 aliphatic carbocycles. The first-order valence-corrected chi connectivity index (χ1v) is 16.6. The number of methoxy groups -OCH3 is 2. The van der Waals surface area contributed by atoms with E-state index < -0.39 is 21.8 Å². The van der Waals surface area contributed by atoms with Gasteiger partial charge in [0.15, 0.2) is 11.5 Å². The number of aliphatic carboxylic acids is 1. The van der Waals surface area contributed by atoms with Crippen LogP contribution in [0.2, 0.25) is 0 Å². The molecule has 3 heterocycles. The maximum Gasteiger partial charge on any atom is 0.370 e. The molecule has 1 N–H and O–H groups in total. The van der Waals surface area contributed by atoms with Crippen LogP contribution in [0.3, 0.4) is 0 Å². The first-order valence-electron chi connectivity index (χ1n) is 13.4. The Kier molecular flexibility index (Phi) is 9.16. The minimum absolute atomic E-state index is 0.165. The Morgan fingerprint density at radius 1 is 1.16 bits per heavy atom. The summed E-state index contributed by atoms with van der Waals surface area (Å²) in [6.07, 6.45) is 6.42. The van der Waals surface area contributed by atoms with Crippen molar-refractivity contribution in [1.29, 1.82) is 0 Å². The zero-order chi connectivity index (χ0) is 30.7. The summed E-state index contributed by atoms with van der Waals surface area (Å²) in [6, 6.07) is 13.3. The Hall–Kier alpha value is -3.78. The Labute approximate surface area is 257 Å². The summed E-state index contributed by atoms with van der Waals surface area (Å²) in [5.41, 5.74) is 3.43. The van der Waals surface area contributed by atoms with Gasteiger partial charge in [0.25, 0.3) is 5.01 Å². The smallest absolute Gasteiger partial charge is 0.370 e. The first-order chi connectivity index (χ1) is 20.6. The number of hydrogen-bond acceptors (Lipinski definition) is 10. The highest BCUT2D eigenvalue weighted by atomic mass is 32.2. The van der Waals surface area contributed by atoms with E-state index in [1.54, 1.807) is 35.8 Å². The van der Waals surface area contributed by atoms with Crippen LogP contribution in [0.25, 0.3) is 27.6 Å². The minimum atomic E-state index is -4.36. The van der Waals surface area contributed by atoms with E-state index in [4.69, 9.17) is 13.9 Å². The predicted octanol–water partition coefficient (Wildman–Crippen LogP) is 5.73. The van der Waals surface area contributed by atoms with Gasteiger partial charge in [0.2, 0.25) is 12.1 Å². The molecule has 0 unspecified atom stereocenters. The van der Waals surface area contributed by atoms with Gasteiger partial charge in [-0.2, -0.15) is 4.57 Å². The second-order valence-electron chi connectivity index (χ2n) is 9.68. The van der Waals surface area contributed by atoms with Crippen LogP contribution in [-0.2, 0) is 21.5 Å². The van der Waals surface area contributed by atoms with E-state index >= 15 is 0 Å². The summed E-state index contributed by atoms with van der Waals surface area (Å²) < 4.78 is 53.1. The average Bonchev–Trinajstić information content (AvgIpc) is 3.69. The van der Waals surface area contributed by atoms with Gasteiger partial charge < -0.3 is 28.5 Å². The van der Waals surface area contributed by atoms with Crippen molar-refractivity contribution in [2.45, 2.75) is 31.2 Å². The Balaban J connectivity index is 1.56. The molecule has 43 heavy (non-hydrogen) atoms. The first kappa shape index (κ1) is 30.7. The van der Waals surface area contributed by atoms with E-state index in [-0.39, 0.29) is 13.0 Å². The van der Waals surface area contributed by atoms with Crippen molar-refractivity contribution in [2.75, 3.05) is 31.4 Å². The van der Waals surface area contributed by atoms with Crippen LogP contribution in [0.5, 0.6) is 11.5 Å². The second kappa shape index (κ2) is 12.8. The number of ether oxygens (including phenoxy) is 2. The topological polar surface area (TPSA) is 133 Å². The molecule has 0 saturated heterocycles. The lowest BCUT2D eigenvalue weighted by atomic mass is 10.1. The third kappa shape index (κ3) is 6.90. The fourth-order valence-corrected chi connectivity index (χ4v) is 7.61. The predicted molar refractivity (Wildman–Crippen MR) is 166 cm³/mol. The Morgan fingerprint density at radius 3 is 2.58 bits per heavy atom. The standard InChI is InChI=1S/C30H30N2O8S3/c1-4-19(14-29-32(18-30(33)34)22-16-24(38-2)25(39-3)17-27(22)42-29)13-28-31(10-6-12-43(35,36)37)21-15-20(8-9-26(21)41-28)23-7-5-11-40-23/h5,7-9,11,13-17H,4,6,10,12,18H2,1-3H3,(H-,33,34,35,36,37). The van der Waals surface area contributed by atoms with Crippen LogP contribution >= 0.6 is 23.1 Å². The fraction of sp³-hybridized carbons (Fsp3) is 0.267. The van der Waals surface area contributed by atoms with E-state index in [0.29, 0.717) is 35.7 Å². The van der Waals surface area contributed by atoms with Crippen molar-refractivity contribution < 1.29 is 41.3 Å². The minimum Gasteiger partial charge on any atom is -0.748 e. The summed E-state index contributed by atoms with van der Waals surface area (Å²) in [4.78, 5) is 14.9. The molecule has 10 nitrogen and oxygen atoms in total. The van der Waals surface area contributed by atoms with E-state index in [1.807, 2.05) is 60.4 Å². The lowest BCUT2D eigenvalue weighted by molar-refractivity contribution is -0.657. The number of furan rings is 1. The molecule has 0 fully saturated rings. The second-order valence-corrected chi connectivity index (χ2v) is 13.3. The van der Waals surface area contributed by atoms with E-state index in [9.17, 15) is 22.9 Å². The highest BCUT2D eigenvalue weighted by Gasteiger charge is 2.28. The van der Waals surface area contributed by atoms with Crippen molar-refractivity contribution >= 4 is 61.2 Å². The number of carboxylic acid groups (broad SMARTS) is 1. The summed E-state index contributed by atoms with van der Waals surface area (Å²) >= 11 is 3.00.